The summed E-state index contributed by atoms with van der Waals surface area (Å²) in [6, 6.07) is 0.0689. The van der Waals surface area contributed by atoms with Crippen LogP contribution in [0.1, 0.15) is 39.0 Å². The van der Waals surface area contributed by atoms with E-state index in [2.05, 4.69) is 10.6 Å². The van der Waals surface area contributed by atoms with E-state index in [9.17, 15) is 9.59 Å². The summed E-state index contributed by atoms with van der Waals surface area (Å²) in [6.45, 7) is 2.57. The highest BCUT2D eigenvalue weighted by Gasteiger charge is 2.29. The van der Waals surface area contributed by atoms with Gasteiger partial charge in [0, 0.05) is 26.1 Å². The lowest BCUT2D eigenvalue weighted by molar-refractivity contribution is -0.137. The molecular formula is C13H24N2O4. The molecule has 2 amide bonds. The van der Waals surface area contributed by atoms with Gasteiger partial charge in [-0.1, -0.05) is 6.92 Å². The molecule has 0 radical (unpaired) electrons. The monoisotopic (exact) mass is 272 g/mol. The van der Waals surface area contributed by atoms with Gasteiger partial charge < -0.3 is 20.5 Å². The zero-order valence-electron chi connectivity index (χ0n) is 11.6. The van der Waals surface area contributed by atoms with Crippen molar-refractivity contribution < 1.29 is 19.4 Å². The fourth-order valence-electron chi connectivity index (χ4n) is 2.06. The Hall–Kier alpha value is -1.30. The number of hydrogen-bond acceptors (Lipinski definition) is 3. The van der Waals surface area contributed by atoms with Gasteiger partial charge in [0.2, 0.25) is 0 Å². The molecule has 1 atom stereocenters. The molecule has 0 aromatic heterocycles. The van der Waals surface area contributed by atoms with Crippen LogP contribution in [0.25, 0.3) is 0 Å². The summed E-state index contributed by atoms with van der Waals surface area (Å²) in [5.41, 5.74) is 0. The van der Waals surface area contributed by atoms with Crippen LogP contribution in [0.3, 0.4) is 0 Å². The minimum absolute atomic E-state index is 0.148. The number of ether oxygens (including phenoxy) is 1. The number of carboxylic acid groups (broad SMARTS) is 1. The van der Waals surface area contributed by atoms with E-state index < -0.39 is 5.97 Å². The Balaban J connectivity index is 1.99. The molecule has 3 N–H and O–H groups in total. The third kappa shape index (κ3) is 6.42. The highest BCUT2D eigenvalue weighted by molar-refractivity contribution is 5.74. The topological polar surface area (TPSA) is 87.7 Å². The number of urea groups is 1. The van der Waals surface area contributed by atoms with Gasteiger partial charge in [-0.05, 0) is 31.6 Å². The summed E-state index contributed by atoms with van der Waals surface area (Å²) in [4.78, 5) is 21.9. The molecule has 1 saturated carbocycles. The van der Waals surface area contributed by atoms with Gasteiger partial charge in [-0.15, -0.1) is 0 Å². The van der Waals surface area contributed by atoms with Gasteiger partial charge in [0.15, 0.2) is 0 Å². The Morgan fingerprint density at radius 1 is 1.37 bits per heavy atom. The number of carbonyl (C=O) groups is 2. The molecule has 0 spiro atoms. The van der Waals surface area contributed by atoms with E-state index in [1.807, 2.05) is 6.92 Å². The highest BCUT2D eigenvalue weighted by Crippen LogP contribution is 2.22. The standard InChI is InChI=1S/C13H24N2O4/c1-9(3-4-12(16)17)5-6-14-13(18)15-10-7-11(8-10)19-2/h9-11H,3-8H2,1-2H3,(H,16,17)(H2,14,15,18). The van der Waals surface area contributed by atoms with Crippen LogP contribution in [0, 0.1) is 5.92 Å². The number of hydrogen-bond donors (Lipinski definition) is 3. The number of aliphatic carboxylic acids is 1. The number of amides is 2. The first-order valence-electron chi connectivity index (χ1n) is 6.80. The van der Waals surface area contributed by atoms with Crippen LogP contribution in [-0.4, -0.2) is 42.9 Å². The lowest BCUT2D eigenvalue weighted by atomic mass is 9.89. The second kappa shape index (κ2) is 7.99. The number of methoxy groups -OCH3 is 1. The normalized spacial score (nSPS) is 23.3. The number of rotatable bonds is 8. The van der Waals surface area contributed by atoms with E-state index in [0.717, 1.165) is 19.3 Å². The minimum atomic E-state index is -0.768. The van der Waals surface area contributed by atoms with Crippen molar-refractivity contribution in [2.75, 3.05) is 13.7 Å². The van der Waals surface area contributed by atoms with Crippen molar-refractivity contribution in [3.63, 3.8) is 0 Å². The molecule has 0 saturated heterocycles. The molecule has 6 nitrogen and oxygen atoms in total. The summed E-state index contributed by atoms with van der Waals surface area (Å²) in [6.07, 6.45) is 3.66. The molecular weight excluding hydrogens is 248 g/mol. The lowest BCUT2D eigenvalue weighted by Gasteiger charge is -2.34. The van der Waals surface area contributed by atoms with Crippen LogP contribution in [0.2, 0.25) is 0 Å². The van der Waals surface area contributed by atoms with Crippen molar-refractivity contribution in [3.05, 3.63) is 0 Å². The maximum absolute atomic E-state index is 11.5. The smallest absolute Gasteiger partial charge is 0.315 e. The minimum Gasteiger partial charge on any atom is -0.481 e. The van der Waals surface area contributed by atoms with E-state index in [1.165, 1.54) is 0 Å². The van der Waals surface area contributed by atoms with Crippen LogP contribution < -0.4 is 10.6 Å². The third-order valence-corrected chi connectivity index (χ3v) is 3.54. The maximum Gasteiger partial charge on any atom is 0.315 e. The van der Waals surface area contributed by atoms with Crippen molar-refractivity contribution in [1.82, 2.24) is 10.6 Å². The quantitative estimate of drug-likeness (QED) is 0.622. The fraction of sp³-hybridized carbons (Fsp3) is 0.846. The zero-order chi connectivity index (χ0) is 14.3. The van der Waals surface area contributed by atoms with Crippen molar-refractivity contribution >= 4 is 12.0 Å². The highest BCUT2D eigenvalue weighted by atomic mass is 16.5. The first-order chi connectivity index (χ1) is 9.01. The molecule has 1 aliphatic rings. The Morgan fingerprint density at radius 3 is 2.63 bits per heavy atom. The molecule has 0 aliphatic heterocycles. The van der Waals surface area contributed by atoms with Gasteiger partial charge in [0.1, 0.15) is 0 Å². The SMILES string of the molecule is COC1CC(NC(=O)NCCC(C)CCC(=O)O)C1. The maximum atomic E-state index is 11.5. The Morgan fingerprint density at radius 2 is 2.05 bits per heavy atom. The third-order valence-electron chi connectivity index (χ3n) is 3.54. The van der Waals surface area contributed by atoms with Gasteiger partial charge in [-0.2, -0.15) is 0 Å². The molecule has 1 unspecified atom stereocenters. The van der Waals surface area contributed by atoms with Crippen molar-refractivity contribution in [2.24, 2.45) is 5.92 Å². The first kappa shape index (κ1) is 15.8. The van der Waals surface area contributed by atoms with E-state index in [1.54, 1.807) is 7.11 Å². The van der Waals surface area contributed by atoms with Crippen molar-refractivity contribution in [3.8, 4) is 0 Å². The Kier molecular flexibility index (Phi) is 6.62. The predicted molar refractivity (Wildman–Crippen MR) is 71.0 cm³/mol. The summed E-state index contributed by atoms with van der Waals surface area (Å²) < 4.78 is 5.14. The Bertz CT molecular complexity index is 303. The van der Waals surface area contributed by atoms with Gasteiger partial charge in [-0.3, -0.25) is 4.79 Å². The van der Waals surface area contributed by atoms with Gasteiger partial charge in [0.25, 0.3) is 0 Å². The lowest BCUT2D eigenvalue weighted by Crippen LogP contribution is -2.50. The van der Waals surface area contributed by atoms with Crippen LogP contribution in [0.4, 0.5) is 4.79 Å². The van der Waals surface area contributed by atoms with Crippen molar-refractivity contribution in [1.29, 1.82) is 0 Å². The van der Waals surface area contributed by atoms with Crippen molar-refractivity contribution in [2.45, 2.75) is 51.2 Å². The molecule has 110 valence electrons. The predicted octanol–water partition coefficient (Wildman–Crippen LogP) is 1.35. The average Bonchev–Trinajstić information content (AvgIpc) is 2.30. The van der Waals surface area contributed by atoms with E-state index in [0.29, 0.717) is 18.9 Å². The first-order valence-corrected chi connectivity index (χ1v) is 6.80. The molecule has 19 heavy (non-hydrogen) atoms. The zero-order valence-corrected chi connectivity index (χ0v) is 11.6. The number of carbonyl (C=O) groups excluding carboxylic acids is 1. The van der Waals surface area contributed by atoms with Gasteiger partial charge in [0.05, 0.1) is 6.10 Å². The average molecular weight is 272 g/mol. The second-order valence-electron chi connectivity index (χ2n) is 5.25. The Labute approximate surface area is 113 Å². The van der Waals surface area contributed by atoms with Gasteiger partial charge in [-0.25, -0.2) is 4.79 Å². The largest absolute Gasteiger partial charge is 0.481 e. The van der Waals surface area contributed by atoms with E-state index in [4.69, 9.17) is 9.84 Å². The molecule has 1 rings (SSSR count). The van der Waals surface area contributed by atoms with Crippen LogP contribution in [-0.2, 0) is 9.53 Å². The van der Waals surface area contributed by atoms with Crippen LogP contribution in [0.5, 0.6) is 0 Å². The molecule has 0 aromatic rings. The van der Waals surface area contributed by atoms with Gasteiger partial charge >= 0.3 is 12.0 Å². The van der Waals surface area contributed by atoms with Crippen LogP contribution in [0.15, 0.2) is 0 Å². The fourth-order valence-corrected chi connectivity index (χ4v) is 2.06. The van der Waals surface area contributed by atoms with E-state index in [-0.39, 0.29) is 24.6 Å². The molecule has 0 heterocycles. The summed E-state index contributed by atoms with van der Waals surface area (Å²) in [7, 11) is 1.68. The summed E-state index contributed by atoms with van der Waals surface area (Å²) >= 11 is 0. The number of nitrogens with one attached hydrogen (secondary N) is 2. The number of carboxylic acids is 1. The second-order valence-corrected chi connectivity index (χ2v) is 5.25. The molecule has 0 aromatic carbocycles. The molecule has 1 aliphatic carbocycles. The molecule has 0 bridgehead atoms. The summed E-state index contributed by atoms with van der Waals surface area (Å²) in [5.74, 6) is -0.465. The molecule has 1 fully saturated rings. The molecule has 6 heteroatoms. The van der Waals surface area contributed by atoms with Crippen LogP contribution >= 0.6 is 0 Å². The summed E-state index contributed by atoms with van der Waals surface area (Å²) in [5, 5.41) is 14.2. The van der Waals surface area contributed by atoms with E-state index >= 15 is 0 Å².